The van der Waals surface area contributed by atoms with E-state index in [0.717, 1.165) is 18.4 Å². The monoisotopic (exact) mass is 474 g/mol. The van der Waals surface area contributed by atoms with E-state index in [9.17, 15) is 14.4 Å². The maximum atomic E-state index is 13.0. The van der Waals surface area contributed by atoms with Crippen LogP contribution in [0.15, 0.2) is 29.8 Å². The summed E-state index contributed by atoms with van der Waals surface area (Å²) in [5.74, 6) is 0.376. The Balaban J connectivity index is 1.35. The van der Waals surface area contributed by atoms with E-state index in [4.69, 9.17) is 14.2 Å². The highest BCUT2D eigenvalue weighted by Crippen LogP contribution is 2.32. The molecule has 4 rings (SSSR count). The summed E-state index contributed by atoms with van der Waals surface area (Å²) in [4.78, 5) is 43.1. The molecule has 1 saturated heterocycles. The molecule has 1 aromatic heterocycles. The molecule has 10 nitrogen and oxygen atoms in total. The van der Waals surface area contributed by atoms with Gasteiger partial charge in [0.1, 0.15) is 0 Å². The number of rotatable bonds is 10. The van der Waals surface area contributed by atoms with Crippen LogP contribution < -0.4 is 20.1 Å². The molecule has 0 radical (unpaired) electrons. The van der Waals surface area contributed by atoms with Gasteiger partial charge >= 0.3 is 0 Å². The van der Waals surface area contributed by atoms with Gasteiger partial charge in [0.2, 0.25) is 24.5 Å². The molecule has 0 unspecified atom stereocenters. The summed E-state index contributed by atoms with van der Waals surface area (Å²) in [6, 6.07) is 5.40. The molecule has 0 spiro atoms. The second kappa shape index (κ2) is 11.1. The van der Waals surface area contributed by atoms with Gasteiger partial charge in [-0.25, -0.2) is 4.98 Å². The molecule has 11 heteroatoms. The first-order valence-electron chi connectivity index (χ1n) is 10.8. The zero-order valence-corrected chi connectivity index (χ0v) is 18.9. The van der Waals surface area contributed by atoms with Crippen LogP contribution in [0, 0.1) is 0 Å². The van der Waals surface area contributed by atoms with Gasteiger partial charge in [-0.15, -0.1) is 11.3 Å². The minimum atomic E-state index is -0.302. The minimum Gasteiger partial charge on any atom is -0.454 e. The fourth-order valence-corrected chi connectivity index (χ4v) is 4.14. The predicted octanol–water partition coefficient (Wildman–Crippen LogP) is 1.91. The molecule has 3 amide bonds. The van der Waals surface area contributed by atoms with Crippen molar-refractivity contribution < 1.29 is 28.6 Å². The molecule has 2 N–H and O–H groups in total. The molecule has 2 aliphatic heterocycles. The van der Waals surface area contributed by atoms with Gasteiger partial charge in [-0.1, -0.05) is 6.07 Å². The number of ether oxygens (including phenoxy) is 3. The normalized spacial score (nSPS) is 16.4. The fraction of sp³-hybridized carbons (Fsp3) is 0.455. The van der Waals surface area contributed by atoms with Crippen molar-refractivity contribution >= 4 is 34.2 Å². The number of amides is 3. The van der Waals surface area contributed by atoms with Crippen LogP contribution in [0.4, 0.5) is 5.13 Å². The highest BCUT2D eigenvalue weighted by atomic mass is 32.1. The average molecular weight is 475 g/mol. The smallest absolute Gasteiger partial charge is 0.239 e. The molecule has 2 aromatic rings. The first-order chi connectivity index (χ1) is 16.1. The van der Waals surface area contributed by atoms with Crippen LogP contribution in [0.25, 0.3) is 0 Å². The van der Waals surface area contributed by atoms with E-state index >= 15 is 0 Å². The molecule has 0 saturated carbocycles. The largest absolute Gasteiger partial charge is 0.454 e. The molecule has 2 aliphatic rings. The fourth-order valence-electron chi connectivity index (χ4n) is 3.60. The Bertz CT molecular complexity index is 977. The van der Waals surface area contributed by atoms with Crippen molar-refractivity contribution in [3.05, 3.63) is 35.3 Å². The number of nitrogens with zero attached hydrogens (tertiary/aromatic N) is 2. The van der Waals surface area contributed by atoms with Crippen LogP contribution in [-0.2, 0) is 25.7 Å². The Kier molecular flexibility index (Phi) is 7.74. The quantitative estimate of drug-likeness (QED) is 0.540. The number of benzene rings is 1. The third kappa shape index (κ3) is 6.65. The van der Waals surface area contributed by atoms with E-state index in [-0.39, 0.29) is 56.5 Å². The van der Waals surface area contributed by atoms with Crippen molar-refractivity contribution in [3.63, 3.8) is 0 Å². The Hall–Kier alpha value is -3.18. The molecular formula is C22H26N4O6S. The molecule has 176 valence electrons. The van der Waals surface area contributed by atoms with Gasteiger partial charge in [0, 0.05) is 44.1 Å². The Morgan fingerprint density at radius 3 is 2.82 bits per heavy atom. The summed E-state index contributed by atoms with van der Waals surface area (Å²) >= 11 is 1.30. The van der Waals surface area contributed by atoms with Crippen molar-refractivity contribution in [2.75, 3.05) is 31.8 Å². The molecule has 0 bridgehead atoms. The van der Waals surface area contributed by atoms with E-state index < -0.39 is 0 Å². The van der Waals surface area contributed by atoms with Crippen LogP contribution >= 0.6 is 11.3 Å². The van der Waals surface area contributed by atoms with E-state index in [1.165, 1.54) is 16.2 Å². The van der Waals surface area contributed by atoms with Gasteiger partial charge in [0.05, 0.1) is 12.6 Å². The van der Waals surface area contributed by atoms with Crippen molar-refractivity contribution in [1.29, 1.82) is 0 Å². The van der Waals surface area contributed by atoms with Crippen LogP contribution in [0.2, 0.25) is 0 Å². The molecule has 1 aromatic carbocycles. The van der Waals surface area contributed by atoms with Crippen molar-refractivity contribution in [3.8, 4) is 11.5 Å². The summed E-state index contributed by atoms with van der Waals surface area (Å²) in [6.07, 6.45) is 3.47. The van der Waals surface area contributed by atoms with E-state index in [1.54, 1.807) is 23.7 Å². The van der Waals surface area contributed by atoms with Crippen LogP contribution in [0.5, 0.6) is 11.5 Å². The van der Waals surface area contributed by atoms with Gasteiger partial charge in [-0.2, -0.15) is 0 Å². The van der Waals surface area contributed by atoms with Crippen molar-refractivity contribution in [1.82, 2.24) is 15.2 Å². The SMILES string of the molecule is O=C(CN(Cc1ccc2c(c1)OCO2)C(=O)CCC(=O)Nc1nccs1)NC[C@@H]1CCCO1. The molecule has 3 heterocycles. The molecule has 33 heavy (non-hydrogen) atoms. The number of fused-ring (bicyclic) bond motifs is 1. The summed E-state index contributed by atoms with van der Waals surface area (Å²) in [6.45, 7) is 1.37. The van der Waals surface area contributed by atoms with E-state index in [2.05, 4.69) is 15.6 Å². The highest BCUT2D eigenvalue weighted by molar-refractivity contribution is 7.13. The zero-order chi connectivity index (χ0) is 23.0. The number of carbonyl (C=O) groups excluding carboxylic acids is 3. The standard InChI is InChI=1S/C22H26N4O6S/c27-19(25-22-23-7-9-33-22)5-6-21(29)26(13-20(28)24-11-16-2-1-8-30-16)12-15-3-4-17-18(10-15)32-14-31-17/h3-4,7,9-10,16H,1-2,5-6,8,11-14H2,(H,24,28)(H,23,25,27)/t16-/m0/s1. The summed E-state index contributed by atoms with van der Waals surface area (Å²) < 4.78 is 16.3. The number of carbonyl (C=O) groups is 3. The molecule has 1 fully saturated rings. The minimum absolute atomic E-state index is 0.00636. The molecule has 0 aliphatic carbocycles. The Labute approximate surface area is 195 Å². The van der Waals surface area contributed by atoms with Gasteiger partial charge in [-0.3, -0.25) is 14.4 Å². The van der Waals surface area contributed by atoms with Crippen molar-refractivity contribution in [2.45, 2.75) is 38.3 Å². The van der Waals surface area contributed by atoms with Gasteiger partial charge < -0.3 is 29.7 Å². The highest BCUT2D eigenvalue weighted by Gasteiger charge is 2.22. The van der Waals surface area contributed by atoms with E-state index in [0.29, 0.717) is 29.8 Å². The lowest BCUT2D eigenvalue weighted by molar-refractivity contribution is -0.137. The summed E-state index contributed by atoms with van der Waals surface area (Å²) in [7, 11) is 0. The topological polar surface area (TPSA) is 119 Å². The molecule has 1 atom stereocenters. The lowest BCUT2D eigenvalue weighted by Gasteiger charge is -2.23. The number of anilines is 1. The predicted molar refractivity (Wildman–Crippen MR) is 120 cm³/mol. The Morgan fingerprint density at radius 1 is 1.15 bits per heavy atom. The second-order valence-electron chi connectivity index (χ2n) is 7.76. The number of hydrogen-bond donors (Lipinski definition) is 2. The number of hydrogen-bond acceptors (Lipinski definition) is 8. The number of nitrogens with one attached hydrogen (secondary N) is 2. The van der Waals surface area contributed by atoms with Gasteiger partial charge in [-0.05, 0) is 30.5 Å². The summed E-state index contributed by atoms with van der Waals surface area (Å²) in [5.41, 5.74) is 0.798. The maximum Gasteiger partial charge on any atom is 0.239 e. The average Bonchev–Trinajstić information content (AvgIpc) is 3.58. The summed E-state index contributed by atoms with van der Waals surface area (Å²) in [5, 5.41) is 7.74. The maximum absolute atomic E-state index is 13.0. The van der Waals surface area contributed by atoms with Crippen LogP contribution in [0.3, 0.4) is 0 Å². The van der Waals surface area contributed by atoms with Crippen molar-refractivity contribution in [2.24, 2.45) is 0 Å². The van der Waals surface area contributed by atoms with Gasteiger partial charge in [0.25, 0.3) is 0 Å². The third-order valence-corrected chi connectivity index (χ3v) is 5.98. The Morgan fingerprint density at radius 2 is 2.03 bits per heavy atom. The molecular weight excluding hydrogens is 448 g/mol. The first kappa shape index (κ1) is 23.0. The number of thiazole rings is 1. The lowest BCUT2D eigenvalue weighted by Crippen LogP contribution is -2.42. The van der Waals surface area contributed by atoms with Gasteiger partial charge in [0.15, 0.2) is 16.6 Å². The number of aromatic nitrogens is 1. The second-order valence-corrected chi connectivity index (χ2v) is 8.66. The van der Waals surface area contributed by atoms with Crippen LogP contribution in [0.1, 0.15) is 31.2 Å². The lowest BCUT2D eigenvalue weighted by atomic mass is 10.1. The third-order valence-electron chi connectivity index (χ3n) is 5.29. The van der Waals surface area contributed by atoms with Crippen LogP contribution in [-0.4, -0.2) is 60.2 Å². The first-order valence-corrected chi connectivity index (χ1v) is 11.7. The zero-order valence-electron chi connectivity index (χ0n) is 18.1. The van der Waals surface area contributed by atoms with E-state index in [1.807, 2.05) is 6.07 Å².